The van der Waals surface area contributed by atoms with Gasteiger partial charge in [-0.15, -0.1) is 6.89 Å². The molecule has 0 N–H and O–H groups in total. The SMILES string of the molecule is CP(C)(C)=C1C(c2ccccc2)=CC(c2ccccc2)=C1c1ccccc1. The highest BCUT2D eigenvalue weighted by Crippen LogP contribution is 2.51. The number of allylic oxidation sites excluding steroid dienone is 4. The zero-order valence-corrected chi connectivity index (χ0v) is 17.1. The van der Waals surface area contributed by atoms with Crippen molar-refractivity contribution in [2.24, 2.45) is 0 Å². The van der Waals surface area contributed by atoms with Crippen LogP contribution in [-0.2, 0) is 0 Å². The summed E-state index contributed by atoms with van der Waals surface area (Å²) in [6, 6.07) is 32.5. The van der Waals surface area contributed by atoms with Gasteiger partial charge in [-0.2, -0.15) is 0 Å². The molecular weight excluding hydrogens is 343 g/mol. The maximum Gasteiger partial charge on any atom is -0.00256 e. The number of benzene rings is 3. The molecular formula is C26H25P. The molecule has 0 unspecified atom stereocenters. The van der Waals surface area contributed by atoms with Gasteiger partial charge in [-0.1, -0.05) is 91.0 Å². The Kier molecular flexibility index (Phi) is 4.77. The maximum absolute atomic E-state index is 2.43. The minimum atomic E-state index is -1.27. The Morgan fingerprint density at radius 3 is 1.44 bits per heavy atom. The smallest absolute Gasteiger partial charge is 0.00256 e. The minimum Gasteiger partial charge on any atom is -0.105 e. The largest absolute Gasteiger partial charge is 0.105 e. The summed E-state index contributed by atoms with van der Waals surface area (Å²) in [6.07, 6.45) is 2.41. The van der Waals surface area contributed by atoms with Crippen LogP contribution in [0.4, 0.5) is 0 Å². The lowest BCUT2D eigenvalue weighted by Gasteiger charge is -2.21. The Hall–Kier alpha value is -2.56. The third-order valence-electron chi connectivity index (χ3n) is 4.95. The van der Waals surface area contributed by atoms with Crippen molar-refractivity contribution in [3.05, 3.63) is 114 Å². The van der Waals surface area contributed by atoms with E-state index in [2.05, 4.69) is 117 Å². The molecule has 0 bridgehead atoms. The standard InChI is InChI=1S/C26H25P/c1-27(2,3)26-24(21-15-9-5-10-16-21)19-23(20-13-7-4-8-14-20)25(26)22-17-11-6-12-18-22/h4-19H,1-3H3. The maximum atomic E-state index is 2.43. The Morgan fingerprint density at radius 2 is 0.963 bits per heavy atom. The van der Waals surface area contributed by atoms with E-state index in [4.69, 9.17) is 0 Å². The predicted octanol–water partition coefficient (Wildman–Crippen LogP) is 6.77. The van der Waals surface area contributed by atoms with Crippen molar-refractivity contribution in [3.8, 4) is 0 Å². The molecule has 0 nitrogen and oxygen atoms in total. The lowest BCUT2D eigenvalue weighted by Crippen LogP contribution is -2.05. The van der Waals surface area contributed by atoms with E-state index < -0.39 is 6.89 Å². The molecule has 0 atom stereocenters. The summed E-state index contributed by atoms with van der Waals surface area (Å²) < 4.78 is 0. The van der Waals surface area contributed by atoms with Crippen LogP contribution in [0.15, 0.2) is 97.1 Å². The first kappa shape index (κ1) is 17.8. The summed E-state index contributed by atoms with van der Waals surface area (Å²) in [5.41, 5.74) is 8.03. The van der Waals surface area contributed by atoms with Gasteiger partial charge < -0.3 is 0 Å². The van der Waals surface area contributed by atoms with Gasteiger partial charge in [0.1, 0.15) is 0 Å². The van der Waals surface area contributed by atoms with Gasteiger partial charge in [0, 0.05) is 0 Å². The zero-order chi connectivity index (χ0) is 18.9. The van der Waals surface area contributed by atoms with Crippen LogP contribution < -0.4 is 0 Å². The van der Waals surface area contributed by atoms with E-state index in [0.29, 0.717) is 0 Å². The first-order valence-electron chi connectivity index (χ1n) is 9.37. The number of rotatable bonds is 3. The fourth-order valence-electron chi connectivity index (χ4n) is 3.82. The van der Waals surface area contributed by atoms with Gasteiger partial charge in [-0.3, -0.25) is 0 Å². The summed E-state index contributed by atoms with van der Waals surface area (Å²) in [5.74, 6) is 0. The topological polar surface area (TPSA) is 0 Å². The zero-order valence-electron chi connectivity index (χ0n) is 16.2. The molecule has 0 saturated heterocycles. The quantitative estimate of drug-likeness (QED) is 0.447. The van der Waals surface area contributed by atoms with Gasteiger partial charge in [0.05, 0.1) is 0 Å². The van der Waals surface area contributed by atoms with Crippen molar-refractivity contribution >= 4 is 28.9 Å². The summed E-state index contributed by atoms with van der Waals surface area (Å²) >= 11 is 0. The monoisotopic (exact) mass is 368 g/mol. The average molecular weight is 368 g/mol. The Morgan fingerprint density at radius 1 is 0.519 bits per heavy atom. The predicted molar refractivity (Wildman–Crippen MR) is 124 cm³/mol. The van der Waals surface area contributed by atoms with Crippen LogP contribution >= 0.6 is 6.89 Å². The highest BCUT2D eigenvalue weighted by atomic mass is 31.2. The molecule has 3 aromatic rings. The van der Waals surface area contributed by atoms with Crippen LogP contribution in [0.3, 0.4) is 0 Å². The van der Waals surface area contributed by atoms with Crippen LogP contribution in [0.5, 0.6) is 0 Å². The second-order valence-corrected chi connectivity index (χ2v) is 12.3. The molecule has 0 amide bonds. The molecule has 0 spiro atoms. The number of hydrogen-bond donors (Lipinski definition) is 0. The highest BCUT2D eigenvalue weighted by molar-refractivity contribution is 7.76. The van der Waals surface area contributed by atoms with Crippen molar-refractivity contribution in [2.75, 3.05) is 20.0 Å². The molecule has 1 heteroatoms. The van der Waals surface area contributed by atoms with Crippen LogP contribution in [-0.4, -0.2) is 25.3 Å². The molecule has 4 rings (SSSR count). The lowest BCUT2D eigenvalue weighted by molar-refractivity contribution is 1.61. The van der Waals surface area contributed by atoms with E-state index in [-0.39, 0.29) is 0 Å². The molecule has 0 heterocycles. The van der Waals surface area contributed by atoms with Gasteiger partial charge in [0.25, 0.3) is 0 Å². The van der Waals surface area contributed by atoms with Crippen molar-refractivity contribution in [2.45, 2.75) is 0 Å². The van der Waals surface area contributed by atoms with E-state index in [1.54, 1.807) is 0 Å². The van der Waals surface area contributed by atoms with E-state index in [9.17, 15) is 0 Å². The molecule has 134 valence electrons. The second kappa shape index (κ2) is 7.22. The summed E-state index contributed by atoms with van der Waals surface area (Å²) in [5, 5.41) is 1.53. The van der Waals surface area contributed by atoms with Crippen LogP contribution in [0.2, 0.25) is 0 Å². The van der Waals surface area contributed by atoms with Crippen molar-refractivity contribution in [3.63, 3.8) is 0 Å². The Bertz CT molecular complexity index is 1050. The van der Waals surface area contributed by atoms with E-state index in [0.717, 1.165) is 0 Å². The van der Waals surface area contributed by atoms with Crippen molar-refractivity contribution in [1.29, 1.82) is 0 Å². The van der Waals surface area contributed by atoms with Crippen LogP contribution in [0.25, 0.3) is 16.7 Å². The first-order valence-corrected chi connectivity index (χ1v) is 12.5. The third kappa shape index (κ3) is 3.51. The van der Waals surface area contributed by atoms with Gasteiger partial charge in [-0.05, 0) is 64.8 Å². The summed E-state index contributed by atoms with van der Waals surface area (Å²) in [7, 11) is 0. The van der Waals surface area contributed by atoms with Gasteiger partial charge >= 0.3 is 0 Å². The number of hydrogen-bond acceptors (Lipinski definition) is 0. The minimum absolute atomic E-state index is 1.27. The van der Waals surface area contributed by atoms with Crippen molar-refractivity contribution in [1.82, 2.24) is 0 Å². The molecule has 0 aliphatic heterocycles. The second-order valence-electron chi connectivity index (χ2n) is 7.81. The lowest BCUT2D eigenvalue weighted by atomic mass is 9.95. The van der Waals surface area contributed by atoms with Crippen LogP contribution in [0, 0.1) is 0 Å². The van der Waals surface area contributed by atoms with Gasteiger partial charge in [0.2, 0.25) is 0 Å². The summed E-state index contributed by atoms with van der Waals surface area (Å²) in [4.78, 5) is 0. The molecule has 0 fully saturated rings. The summed E-state index contributed by atoms with van der Waals surface area (Å²) in [6.45, 7) is 6.01. The third-order valence-corrected chi connectivity index (χ3v) is 6.76. The van der Waals surface area contributed by atoms with Gasteiger partial charge in [0.15, 0.2) is 0 Å². The van der Waals surface area contributed by atoms with E-state index in [1.165, 1.54) is 38.7 Å². The van der Waals surface area contributed by atoms with E-state index >= 15 is 0 Å². The molecule has 1 aliphatic carbocycles. The fraction of sp³-hybridized carbons (Fsp3) is 0.115. The highest BCUT2D eigenvalue weighted by Gasteiger charge is 2.28. The van der Waals surface area contributed by atoms with Gasteiger partial charge in [-0.25, -0.2) is 0 Å². The molecule has 3 aromatic carbocycles. The van der Waals surface area contributed by atoms with E-state index in [1.807, 2.05) is 0 Å². The first-order chi connectivity index (χ1) is 13.1. The molecule has 0 aromatic heterocycles. The fourth-order valence-corrected chi connectivity index (χ4v) is 5.66. The Labute approximate surface area is 162 Å². The molecule has 27 heavy (non-hydrogen) atoms. The Balaban J connectivity index is 2.05. The molecule has 0 saturated carbocycles. The molecule has 0 radical (unpaired) electrons. The van der Waals surface area contributed by atoms with Crippen LogP contribution in [0.1, 0.15) is 16.7 Å². The average Bonchev–Trinajstić information content (AvgIpc) is 3.11. The molecule has 1 aliphatic rings. The van der Waals surface area contributed by atoms with Crippen molar-refractivity contribution < 1.29 is 0 Å². The normalized spacial score (nSPS) is 14.5.